The molecule has 0 radical (unpaired) electrons. The average Bonchev–Trinajstić information content (AvgIpc) is 2.83. The van der Waals surface area contributed by atoms with Gasteiger partial charge >= 0.3 is 16.1 Å². The number of aryl methyl sites for hydroxylation is 1. The maximum absolute atomic E-state index is 11.9. The summed E-state index contributed by atoms with van der Waals surface area (Å²) in [4.78, 5) is 11.9. The Morgan fingerprint density at radius 3 is 2.03 bits per heavy atom. The summed E-state index contributed by atoms with van der Waals surface area (Å²) < 4.78 is 32.9. The summed E-state index contributed by atoms with van der Waals surface area (Å²) in [5, 5.41) is 18.6. The first-order chi connectivity index (χ1) is 17.1. The number of benzene rings is 3. The van der Waals surface area contributed by atoms with Crippen LogP contribution in [-0.2, 0) is 27.8 Å². The minimum atomic E-state index is -3.56. The van der Waals surface area contributed by atoms with E-state index in [0.717, 1.165) is 29.4 Å². The van der Waals surface area contributed by atoms with Crippen LogP contribution in [-0.4, -0.2) is 48.5 Å². The van der Waals surface area contributed by atoms with Crippen molar-refractivity contribution in [3.05, 3.63) is 89.5 Å². The molecule has 0 aliphatic heterocycles. The van der Waals surface area contributed by atoms with E-state index in [9.17, 15) is 23.4 Å². The molecule has 0 fully saturated rings. The highest BCUT2D eigenvalue weighted by molar-refractivity contribution is 8.00. The van der Waals surface area contributed by atoms with Crippen molar-refractivity contribution in [3.8, 4) is 17.2 Å². The molecule has 0 aliphatic carbocycles. The fraction of sp³-hybridized carbons (Fsp3) is 0.296. The third-order valence-electron chi connectivity index (χ3n) is 5.56. The Kier molecular flexibility index (Phi) is 9.66. The molecule has 3 aromatic rings. The van der Waals surface area contributed by atoms with Crippen LogP contribution in [0.4, 0.5) is 0 Å². The highest BCUT2D eigenvalue weighted by Crippen LogP contribution is 2.30. The Labute approximate surface area is 216 Å². The zero-order valence-electron chi connectivity index (χ0n) is 20.2. The smallest absolute Gasteiger partial charge is 0.317 e. The van der Waals surface area contributed by atoms with Gasteiger partial charge in [-0.05, 0) is 65.3 Å². The van der Waals surface area contributed by atoms with Crippen molar-refractivity contribution in [2.45, 2.75) is 30.9 Å². The van der Waals surface area contributed by atoms with E-state index in [1.165, 1.54) is 23.9 Å². The summed E-state index contributed by atoms with van der Waals surface area (Å²) >= 11 is 1.43. The number of hydrogen-bond acceptors (Lipinski definition) is 7. The Morgan fingerprint density at radius 2 is 1.44 bits per heavy atom. The molecule has 1 unspecified atom stereocenters. The van der Waals surface area contributed by atoms with Gasteiger partial charge in [0.2, 0.25) is 0 Å². The van der Waals surface area contributed by atoms with E-state index in [4.69, 9.17) is 8.92 Å². The maximum atomic E-state index is 11.9. The van der Waals surface area contributed by atoms with Crippen LogP contribution in [0.15, 0.2) is 72.8 Å². The normalized spacial score (nSPS) is 13.1. The molecule has 0 bridgehead atoms. The van der Waals surface area contributed by atoms with Gasteiger partial charge in [-0.25, -0.2) is 0 Å². The second-order valence-corrected chi connectivity index (χ2v) is 11.3. The van der Waals surface area contributed by atoms with Crippen molar-refractivity contribution >= 4 is 27.8 Å². The number of aliphatic carboxylic acids is 1. The molecule has 0 amide bonds. The molecule has 0 aliphatic rings. The van der Waals surface area contributed by atoms with E-state index >= 15 is 0 Å². The van der Waals surface area contributed by atoms with Gasteiger partial charge in [-0.1, -0.05) is 43.3 Å². The molecule has 7 nitrogen and oxygen atoms in total. The summed E-state index contributed by atoms with van der Waals surface area (Å²) in [7, 11) is -3.56. The lowest BCUT2D eigenvalue weighted by Crippen LogP contribution is -2.24. The number of aromatic hydroxyl groups is 1. The first kappa shape index (κ1) is 27.4. The van der Waals surface area contributed by atoms with Gasteiger partial charge in [0.1, 0.15) is 22.5 Å². The summed E-state index contributed by atoms with van der Waals surface area (Å²) in [5.41, 5.74) is 3.09. The molecule has 0 heterocycles. The third-order valence-corrected chi connectivity index (χ3v) is 7.46. The van der Waals surface area contributed by atoms with Gasteiger partial charge in [-0.15, -0.1) is 11.8 Å². The molecule has 3 rings (SSSR count). The molecule has 0 saturated heterocycles. The van der Waals surface area contributed by atoms with E-state index in [0.29, 0.717) is 24.5 Å². The number of ether oxygens (including phenoxy) is 1. The molecule has 3 aromatic carbocycles. The standard InChI is InChI=1S/C27H30O7S2/c1-19(26(27(29)30)35-18-16-21-5-9-23(28)10-6-21)22-7-3-20(4-8-22)15-17-33-24-11-13-25(14-12-24)34-36(2,31)32/h3-14,19,26,28H,15-18H2,1-2H3,(H,29,30)/t19?,26-/m0/s1. The number of carboxylic acid groups (broad SMARTS) is 1. The highest BCUT2D eigenvalue weighted by atomic mass is 32.2. The van der Waals surface area contributed by atoms with Gasteiger partial charge in [0.15, 0.2) is 0 Å². The van der Waals surface area contributed by atoms with Crippen molar-refractivity contribution in [1.29, 1.82) is 0 Å². The average molecular weight is 531 g/mol. The number of rotatable bonds is 13. The van der Waals surface area contributed by atoms with E-state index < -0.39 is 21.3 Å². The van der Waals surface area contributed by atoms with Gasteiger partial charge in [-0.3, -0.25) is 4.79 Å². The predicted molar refractivity (Wildman–Crippen MR) is 142 cm³/mol. The van der Waals surface area contributed by atoms with Crippen LogP contribution in [0.1, 0.15) is 29.5 Å². The molecule has 2 atom stereocenters. The summed E-state index contributed by atoms with van der Waals surface area (Å²) in [6.07, 6.45) is 2.39. The Bertz CT molecular complexity index is 1220. The molecule has 0 aromatic heterocycles. The number of phenolic OH excluding ortho intramolecular Hbond substituents is 1. The zero-order valence-corrected chi connectivity index (χ0v) is 21.8. The van der Waals surface area contributed by atoms with Crippen LogP contribution in [0.2, 0.25) is 0 Å². The lowest BCUT2D eigenvalue weighted by molar-refractivity contribution is -0.136. The molecule has 0 spiro atoms. The van der Waals surface area contributed by atoms with Gasteiger partial charge in [0.25, 0.3) is 0 Å². The van der Waals surface area contributed by atoms with Crippen LogP contribution in [0.25, 0.3) is 0 Å². The summed E-state index contributed by atoms with van der Waals surface area (Å²) in [6, 6.07) is 21.2. The number of phenols is 1. The molecular weight excluding hydrogens is 500 g/mol. The monoisotopic (exact) mass is 530 g/mol. The Morgan fingerprint density at radius 1 is 0.889 bits per heavy atom. The minimum Gasteiger partial charge on any atom is -0.508 e. The van der Waals surface area contributed by atoms with E-state index in [2.05, 4.69) is 0 Å². The third kappa shape index (κ3) is 8.80. The van der Waals surface area contributed by atoms with E-state index in [1.807, 2.05) is 43.3 Å². The SMILES string of the molecule is CC(c1ccc(CCOc2ccc(OS(C)(=O)=O)cc2)cc1)[C@H](SCCc1ccc(O)cc1)C(=O)O. The quantitative estimate of drug-likeness (QED) is 0.301. The number of carboxylic acids is 1. The van der Waals surface area contributed by atoms with Crippen LogP contribution in [0.3, 0.4) is 0 Å². The first-order valence-corrected chi connectivity index (χ1v) is 14.3. The topological polar surface area (TPSA) is 110 Å². The fourth-order valence-corrected chi connectivity index (χ4v) is 5.27. The number of hydrogen-bond donors (Lipinski definition) is 2. The lowest BCUT2D eigenvalue weighted by atomic mass is 9.96. The van der Waals surface area contributed by atoms with Gasteiger partial charge in [0.05, 0.1) is 12.9 Å². The van der Waals surface area contributed by atoms with E-state index in [1.54, 1.807) is 24.3 Å². The number of thioether (sulfide) groups is 1. The second kappa shape index (κ2) is 12.7. The van der Waals surface area contributed by atoms with Crippen molar-refractivity contribution in [2.75, 3.05) is 18.6 Å². The predicted octanol–water partition coefficient (Wildman–Crippen LogP) is 4.88. The summed E-state index contributed by atoms with van der Waals surface area (Å²) in [6.45, 7) is 2.37. The molecule has 0 saturated carbocycles. The zero-order chi connectivity index (χ0) is 26.1. The molecular formula is C27H30O7S2. The summed E-state index contributed by atoms with van der Waals surface area (Å²) in [5.74, 6) is 0.730. The van der Waals surface area contributed by atoms with Gasteiger partial charge < -0.3 is 19.1 Å². The molecule has 2 N–H and O–H groups in total. The van der Waals surface area contributed by atoms with Crippen LogP contribution in [0, 0.1) is 0 Å². The minimum absolute atomic E-state index is 0.162. The number of carbonyl (C=O) groups is 1. The molecule has 9 heteroatoms. The van der Waals surface area contributed by atoms with Crippen molar-refractivity contribution < 1.29 is 32.3 Å². The first-order valence-electron chi connectivity index (χ1n) is 11.4. The lowest BCUT2D eigenvalue weighted by Gasteiger charge is -2.20. The Balaban J connectivity index is 1.49. The Hall–Kier alpha value is -3.17. The van der Waals surface area contributed by atoms with Crippen LogP contribution < -0.4 is 8.92 Å². The van der Waals surface area contributed by atoms with Gasteiger partial charge in [-0.2, -0.15) is 8.42 Å². The van der Waals surface area contributed by atoms with Crippen molar-refractivity contribution in [2.24, 2.45) is 0 Å². The van der Waals surface area contributed by atoms with Crippen molar-refractivity contribution in [3.63, 3.8) is 0 Å². The van der Waals surface area contributed by atoms with E-state index in [-0.39, 0.29) is 17.4 Å². The van der Waals surface area contributed by atoms with Gasteiger partial charge in [0, 0.05) is 12.3 Å². The van der Waals surface area contributed by atoms with Crippen LogP contribution >= 0.6 is 11.8 Å². The van der Waals surface area contributed by atoms with Crippen LogP contribution in [0.5, 0.6) is 17.2 Å². The second-order valence-electron chi connectivity index (χ2n) is 8.43. The molecule has 192 valence electrons. The highest BCUT2D eigenvalue weighted by Gasteiger charge is 2.26. The molecule has 36 heavy (non-hydrogen) atoms. The fourth-order valence-electron chi connectivity index (χ4n) is 3.61. The largest absolute Gasteiger partial charge is 0.508 e. The maximum Gasteiger partial charge on any atom is 0.317 e. The van der Waals surface area contributed by atoms with Crippen molar-refractivity contribution in [1.82, 2.24) is 0 Å².